The number of methoxy groups -OCH3 is 2. The van der Waals surface area contributed by atoms with Gasteiger partial charge in [-0.1, -0.05) is 11.6 Å². The van der Waals surface area contributed by atoms with Crippen molar-refractivity contribution in [2.75, 3.05) is 31.0 Å². The van der Waals surface area contributed by atoms with Gasteiger partial charge >= 0.3 is 5.97 Å². The monoisotopic (exact) mass is 461 g/mol. The number of nitrogens with zero attached hydrogens (tertiary/aromatic N) is 2. The fraction of sp³-hybridized carbons (Fsp3) is 0.238. The number of imide groups is 1. The van der Waals surface area contributed by atoms with Gasteiger partial charge in [-0.25, -0.2) is 4.90 Å². The summed E-state index contributed by atoms with van der Waals surface area (Å²) in [6, 6.07) is 12.3. The Morgan fingerprint density at radius 3 is 2.39 bits per heavy atom. The summed E-state index contributed by atoms with van der Waals surface area (Å²) in [6.07, 6.45) is -0.135. The number of nitrogens with one attached hydrogen (secondary N) is 1. The lowest BCUT2D eigenvalue weighted by molar-refractivity contribution is -0.141. The lowest BCUT2D eigenvalue weighted by Gasteiger charge is -2.29. The van der Waals surface area contributed by atoms with Gasteiger partial charge in [0.25, 0.3) is 5.91 Å². The number of benzene rings is 2. The highest BCUT2D eigenvalue weighted by atomic mass is 35.5. The molecule has 0 unspecified atom stereocenters. The molecule has 1 fully saturated rings. The molecule has 2 amide bonds. The van der Waals surface area contributed by atoms with Crippen molar-refractivity contribution in [3.63, 3.8) is 0 Å². The Hall–Kier alpha value is -3.17. The van der Waals surface area contributed by atoms with Crippen LogP contribution in [0.3, 0.4) is 0 Å². The third kappa shape index (κ3) is 5.12. The second kappa shape index (κ2) is 9.76. The van der Waals surface area contributed by atoms with Crippen molar-refractivity contribution >= 4 is 58.1 Å². The Kier molecular flexibility index (Phi) is 7.09. The van der Waals surface area contributed by atoms with E-state index in [9.17, 15) is 14.4 Å². The smallest absolute Gasteiger partial charge is 0.325 e. The van der Waals surface area contributed by atoms with E-state index in [1.54, 1.807) is 48.5 Å². The van der Waals surface area contributed by atoms with E-state index in [0.717, 1.165) is 4.90 Å². The molecule has 3 rings (SSSR count). The molecule has 0 spiro atoms. The number of halogens is 1. The van der Waals surface area contributed by atoms with E-state index in [0.29, 0.717) is 22.1 Å². The molecule has 162 valence electrons. The lowest BCUT2D eigenvalue weighted by Crippen LogP contribution is -2.49. The van der Waals surface area contributed by atoms with Crippen molar-refractivity contribution < 1.29 is 23.9 Å². The largest absolute Gasteiger partial charge is 0.497 e. The van der Waals surface area contributed by atoms with Crippen molar-refractivity contribution in [2.45, 2.75) is 12.5 Å². The van der Waals surface area contributed by atoms with Crippen LogP contribution in [0.25, 0.3) is 0 Å². The van der Waals surface area contributed by atoms with Gasteiger partial charge in [-0.3, -0.25) is 14.4 Å². The highest BCUT2D eigenvalue weighted by Gasteiger charge is 2.44. The quantitative estimate of drug-likeness (QED) is 0.399. The molecule has 0 aliphatic carbocycles. The summed E-state index contributed by atoms with van der Waals surface area (Å²) < 4.78 is 9.86. The molecule has 1 aliphatic heterocycles. The molecule has 31 heavy (non-hydrogen) atoms. The molecule has 1 N–H and O–H groups in total. The Labute approximate surface area is 189 Å². The van der Waals surface area contributed by atoms with E-state index in [4.69, 9.17) is 33.3 Å². The zero-order chi connectivity index (χ0) is 22.5. The van der Waals surface area contributed by atoms with E-state index in [1.807, 2.05) is 0 Å². The summed E-state index contributed by atoms with van der Waals surface area (Å²) in [5, 5.41) is 3.63. The van der Waals surface area contributed by atoms with Crippen LogP contribution in [0.15, 0.2) is 48.5 Å². The standard InChI is InChI=1S/C21H20ClN3O5S/c1-29-16-9-7-15(8-10-16)25-18(26)11-17(20(25)28)24(12-19(27)30-2)21(31)23-14-5-3-13(22)4-6-14/h3-10,17H,11-12H2,1-2H3,(H,23,31)/t17-/m1/s1. The fourth-order valence-corrected chi connectivity index (χ4v) is 3.55. The third-order valence-corrected chi connectivity index (χ3v) is 5.30. The average molecular weight is 462 g/mol. The summed E-state index contributed by atoms with van der Waals surface area (Å²) in [6.45, 7) is -0.296. The van der Waals surface area contributed by atoms with Crippen LogP contribution in [0.1, 0.15) is 6.42 Å². The molecular weight excluding hydrogens is 442 g/mol. The first-order valence-corrected chi connectivity index (χ1v) is 10.0. The molecule has 2 aromatic rings. The fourth-order valence-electron chi connectivity index (χ4n) is 3.12. The minimum atomic E-state index is -0.957. The summed E-state index contributed by atoms with van der Waals surface area (Å²) in [5.74, 6) is -0.882. The van der Waals surface area contributed by atoms with Crippen LogP contribution in [-0.4, -0.2) is 54.6 Å². The number of ether oxygens (including phenoxy) is 2. The number of hydrogen-bond acceptors (Lipinski definition) is 6. The van der Waals surface area contributed by atoms with Gasteiger partial charge < -0.3 is 19.7 Å². The number of carbonyl (C=O) groups is 3. The number of carbonyl (C=O) groups excluding carboxylic acids is 3. The molecule has 1 atom stereocenters. The minimum Gasteiger partial charge on any atom is -0.497 e. The molecule has 1 aliphatic rings. The summed E-state index contributed by atoms with van der Waals surface area (Å²) >= 11 is 11.4. The normalized spacial score (nSPS) is 15.6. The van der Waals surface area contributed by atoms with Crippen molar-refractivity contribution in [1.82, 2.24) is 4.90 Å². The number of esters is 1. The molecule has 10 heteroatoms. The number of rotatable bonds is 6. The first-order chi connectivity index (χ1) is 14.8. The molecular formula is C21H20ClN3O5S. The molecule has 1 heterocycles. The number of hydrogen-bond donors (Lipinski definition) is 1. The average Bonchev–Trinajstić information content (AvgIpc) is 3.07. The van der Waals surface area contributed by atoms with Crippen molar-refractivity contribution in [1.29, 1.82) is 0 Å². The second-order valence-electron chi connectivity index (χ2n) is 6.63. The Balaban J connectivity index is 1.85. The topological polar surface area (TPSA) is 88.2 Å². The van der Waals surface area contributed by atoms with Crippen LogP contribution in [0, 0.1) is 0 Å². The maximum atomic E-state index is 13.2. The van der Waals surface area contributed by atoms with Crippen LogP contribution in [0.2, 0.25) is 5.02 Å². The number of thiocarbonyl (C=S) groups is 1. The second-order valence-corrected chi connectivity index (χ2v) is 7.45. The van der Waals surface area contributed by atoms with Gasteiger partial charge in [0.15, 0.2) is 5.11 Å². The molecule has 8 nitrogen and oxygen atoms in total. The van der Waals surface area contributed by atoms with Gasteiger partial charge in [0.05, 0.1) is 26.3 Å². The molecule has 2 aromatic carbocycles. The van der Waals surface area contributed by atoms with E-state index < -0.39 is 23.8 Å². The zero-order valence-electron chi connectivity index (χ0n) is 16.8. The molecule has 0 radical (unpaired) electrons. The SMILES string of the molecule is COC(=O)CN(C(=S)Nc1ccc(Cl)cc1)[C@@H]1CC(=O)N(c2ccc(OC)cc2)C1=O. The van der Waals surface area contributed by atoms with Gasteiger partial charge in [0, 0.05) is 10.7 Å². The third-order valence-electron chi connectivity index (χ3n) is 4.71. The van der Waals surface area contributed by atoms with Gasteiger partial charge in [-0.05, 0) is 60.7 Å². The number of amides is 2. The van der Waals surface area contributed by atoms with Gasteiger partial charge in [0.1, 0.15) is 18.3 Å². The first-order valence-electron chi connectivity index (χ1n) is 9.25. The maximum absolute atomic E-state index is 13.2. The highest BCUT2D eigenvalue weighted by Crippen LogP contribution is 2.28. The van der Waals surface area contributed by atoms with E-state index in [1.165, 1.54) is 19.1 Å². The van der Waals surface area contributed by atoms with Crippen LogP contribution in [0.4, 0.5) is 11.4 Å². The van der Waals surface area contributed by atoms with Crippen LogP contribution in [0.5, 0.6) is 5.75 Å². The summed E-state index contributed by atoms with van der Waals surface area (Å²) in [7, 11) is 2.76. The van der Waals surface area contributed by atoms with Crippen molar-refractivity contribution in [3.8, 4) is 5.75 Å². The summed E-state index contributed by atoms with van der Waals surface area (Å²) in [5.41, 5.74) is 1.03. The minimum absolute atomic E-state index is 0.107. The maximum Gasteiger partial charge on any atom is 0.325 e. The highest BCUT2D eigenvalue weighted by molar-refractivity contribution is 7.80. The van der Waals surface area contributed by atoms with Crippen molar-refractivity contribution in [2.24, 2.45) is 0 Å². The van der Waals surface area contributed by atoms with Gasteiger partial charge in [-0.15, -0.1) is 0 Å². The van der Waals surface area contributed by atoms with Crippen molar-refractivity contribution in [3.05, 3.63) is 53.6 Å². The van der Waals surface area contributed by atoms with Gasteiger partial charge in [-0.2, -0.15) is 0 Å². The van der Waals surface area contributed by atoms with Crippen LogP contribution >= 0.6 is 23.8 Å². The van der Waals surface area contributed by atoms with Crippen LogP contribution < -0.4 is 15.0 Å². The number of anilines is 2. The Morgan fingerprint density at radius 1 is 1.16 bits per heavy atom. The predicted molar refractivity (Wildman–Crippen MR) is 120 cm³/mol. The Morgan fingerprint density at radius 2 is 1.81 bits per heavy atom. The first kappa shape index (κ1) is 22.5. The predicted octanol–water partition coefficient (Wildman–Crippen LogP) is 2.85. The van der Waals surface area contributed by atoms with E-state index in [2.05, 4.69) is 5.32 Å². The Bertz CT molecular complexity index is 997. The molecule has 0 aromatic heterocycles. The molecule has 0 saturated carbocycles. The molecule has 0 bridgehead atoms. The van der Waals surface area contributed by atoms with E-state index in [-0.39, 0.29) is 18.1 Å². The lowest BCUT2D eigenvalue weighted by atomic mass is 10.2. The molecule has 1 saturated heterocycles. The zero-order valence-corrected chi connectivity index (χ0v) is 18.4. The summed E-state index contributed by atoms with van der Waals surface area (Å²) in [4.78, 5) is 40.3. The van der Waals surface area contributed by atoms with Gasteiger partial charge in [0.2, 0.25) is 5.91 Å². The van der Waals surface area contributed by atoms with E-state index >= 15 is 0 Å². The van der Waals surface area contributed by atoms with Crippen LogP contribution in [-0.2, 0) is 19.1 Å².